The number of unbranched alkanes of at least 4 members (excludes halogenated alkanes) is 27. The zero-order chi connectivity index (χ0) is 56.6. The van der Waals surface area contributed by atoms with Crippen LogP contribution in [0.3, 0.4) is 0 Å². The highest BCUT2D eigenvalue weighted by Crippen LogP contribution is 2.39. The Labute approximate surface area is 473 Å². The number of hydrogen-bond donors (Lipinski definition) is 4. The average Bonchev–Trinajstić information content (AvgIpc) is 3.46. The molecule has 11 heteroatoms. The Bertz CT molecular complexity index is 2370. The Morgan fingerprint density at radius 1 is 0.291 bits per heavy atom. The lowest BCUT2D eigenvalue weighted by Gasteiger charge is -2.23. The lowest BCUT2D eigenvalue weighted by atomic mass is 9.88. The van der Waals surface area contributed by atoms with E-state index in [4.69, 9.17) is 14.2 Å². The first-order valence-corrected chi connectivity index (χ1v) is 30.8. The number of fused-ring (bicyclic) bond motifs is 8. The minimum atomic E-state index is -1.15. The smallest absolute Gasteiger partial charge is 0.335 e. The zero-order valence-corrected chi connectivity index (χ0v) is 48.5. The second-order valence-corrected chi connectivity index (χ2v) is 22.4. The summed E-state index contributed by atoms with van der Waals surface area (Å²) in [6.07, 6.45) is 34.7. The Balaban J connectivity index is 1.59. The highest BCUT2D eigenvalue weighted by molar-refractivity contribution is 5.91. The number of ether oxygens (including phenoxy) is 3. The molecular weight excluding hydrogens is 993 g/mol. The first-order valence-electron chi connectivity index (χ1n) is 30.8. The fourth-order valence-electron chi connectivity index (χ4n) is 11.2. The molecule has 0 amide bonds. The molecule has 4 N–H and O–H groups in total. The van der Waals surface area contributed by atoms with Crippen LogP contribution < -0.4 is 14.2 Å². The lowest BCUT2D eigenvalue weighted by molar-refractivity contribution is 0.0685. The van der Waals surface area contributed by atoms with Gasteiger partial charge in [-0.15, -0.1) is 0 Å². The maximum atomic E-state index is 13.2. The summed E-state index contributed by atoms with van der Waals surface area (Å²) in [6, 6.07) is 14.7. The molecule has 0 radical (unpaired) electrons. The van der Waals surface area contributed by atoms with Crippen LogP contribution in [-0.4, -0.2) is 64.1 Å². The summed E-state index contributed by atoms with van der Waals surface area (Å²) in [6.45, 7) is 7.78. The van der Waals surface area contributed by atoms with Crippen molar-refractivity contribution in [1.29, 1.82) is 0 Å². The van der Waals surface area contributed by atoms with E-state index in [2.05, 4.69) is 20.8 Å². The van der Waals surface area contributed by atoms with Gasteiger partial charge in [0.2, 0.25) is 0 Å². The van der Waals surface area contributed by atoms with Gasteiger partial charge in [-0.05, 0) is 112 Å². The summed E-state index contributed by atoms with van der Waals surface area (Å²) in [5.74, 6) is -3.14. The molecule has 11 nitrogen and oxygen atoms in total. The van der Waals surface area contributed by atoms with Gasteiger partial charge in [0.25, 0.3) is 0 Å². The molecular formula is C68H96O11. The van der Waals surface area contributed by atoms with Crippen molar-refractivity contribution in [2.24, 2.45) is 0 Å². The summed E-state index contributed by atoms with van der Waals surface area (Å²) in [4.78, 5) is 52.1. The highest BCUT2D eigenvalue weighted by atomic mass is 16.5. The van der Waals surface area contributed by atoms with E-state index >= 15 is 0 Å². The second kappa shape index (κ2) is 36.4. The average molecular weight is 1090 g/mol. The van der Waals surface area contributed by atoms with E-state index in [1.165, 1.54) is 116 Å². The number of benzene rings is 4. The summed E-state index contributed by atoms with van der Waals surface area (Å²) in [7, 11) is 0. The van der Waals surface area contributed by atoms with Gasteiger partial charge in [-0.25, -0.2) is 19.2 Å². The summed E-state index contributed by atoms with van der Waals surface area (Å²) >= 11 is 0. The van der Waals surface area contributed by atoms with E-state index in [0.29, 0.717) is 81.6 Å². The quantitative estimate of drug-likeness (QED) is 0.0275. The van der Waals surface area contributed by atoms with E-state index in [9.17, 15) is 39.6 Å². The summed E-state index contributed by atoms with van der Waals surface area (Å²) < 4.78 is 20.4. The molecule has 5 rings (SSSR count). The Hall–Kier alpha value is -5.84. The fraction of sp³-hybridized carbons (Fsp3) is 0.588. The van der Waals surface area contributed by atoms with Gasteiger partial charge in [0.1, 0.15) is 17.2 Å². The van der Waals surface area contributed by atoms with Gasteiger partial charge in [0.15, 0.2) is 0 Å². The number of carbonyl (C=O) groups is 4. The van der Waals surface area contributed by atoms with Crippen molar-refractivity contribution in [1.82, 2.24) is 0 Å². The predicted molar refractivity (Wildman–Crippen MR) is 317 cm³/mol. The second-order valence-electron chi connectivity index (χ2n) is 22.4. The molecule has 0 spiro atoms. The molecule has 434 valence electrons. The summed E-state index contributed by atoms with van der Waals surface area (Å²) in [5.41, 5.74) is 4.57. The van der Waals surface area contributed by atoms with Crippen molar-refractivity contribution < 1.29 is 53.8 Å². The van der Waals surface area contributed by atoms with E-state index in [-0.39, 0.29) is 47.9 Å². The molecule has 0 saturated carbocycles. The van der Waals surface area contributed by atoms with Gasteiger partial charge in [-0.1, -0.05) is 200 Å². The van der Waals surface area contributed by atoms with E-state index < -0.39 is 23.9 Å². The maximum absolute atomic E-state index is 13.2. The summed E-state index contributed by atoms with van der Waals surface area (Å²) in [5, 5.41) is 42.6. The molecule has 0 unspecified atom stereocenters. The van der Waals surface area contributed by atoms with Crippen LogP contribution >= 0.6 is 0 Å². The molecule has 0 aliphatic heterocycles. The maximum Gasteiger partial charge on any atom is 0.335 e. The van der Waals surface area contributed by atoms with Gasteiger partial charge in [0.05, 0.1) is 42.1 Å². The lowest BCUT2D eigenvalue weighted by Crippen LogP contribution is -2.13. The first kappa shape index (κ1) is 64.0. The molecule has 0 heterocycles. The fourth-order valence-corrected chi connectivity index (χ4v) is 11.2. The van der Waals surface area contributed by atoms with Crippen LogP contribution in [0, 0.1) is 0 Å². The van der Waals surface area contributed by atoms with Gasteiger partial charge >= 0.3 is 23.9 Å². The van der Waals surface area contributed by atoms with Gasteiger partial charge in [-0.3, -0.25) is 0 Å². The number of rotatable bonds is 40. The zero-order valence-electron chi connectivity index (χ0n) is 48.5. The van der Waals surface area contributed by atoms with Crippen LogP contribution in [0.4, 0.5) is 0 Å². The van der Waals surface area contributed by atoms with Crippen LogP contribution in [0.25, 0.3) is 0 Å². The standard InChI is InChI=1S/C68H96O11/c1-4-7-10-13-16-19-22-25-28-31-34-77-62-52-38-50-37-51(41-58(40-50)65(69)70)39-53-45-60(67(73)74)47-55(63(53)78-35-32-29-26-23-20-17-14-11-8-5-2)43-57-49-61(68(75)76)48-56(42-54(62)46-59(44-52)66(71)72)64(57)79-36-33-30-27-24-21-18-15-12-9-6-3/h37,40-41,44-49H,4-36,38-39,42-43H2,1-3H3,(H,69,70)(H,71,72)(H,73,74)(H,75,76). The minimum absolute atomic E-state index is 0.0125. The minimum Gasteiger partial charge on any atom is -0.493 e. The SMILES string of the molecule is CCCCCCCCCCCCOc1c2cc(C(=O)O)cc1Cc1cc(C(=O)O)cc(c1OCCCCCCCCCCCC)Cc1cc(C(=O)O)cc(c1OCCCCCCCCCCCC)Cc1cc(cc(C(=O)O)c1)C2. The van der Waals surface area contributed by atoms with E-state index in [1.54, 1.807) is 48.5 Å². The Morgan fingerprint density at radius 2 is 0.494 bits per heavy atom. The van der Waals surface area contributed by atoms with Crippen molar-refractivity contribution in [2.75, 3.05) is 19.8 Å². The first-order chi connectivity index (χ1) is 38.4. The highest BCUT2D eigenvalue weighted by Gasteiger charge is 2.25. The number of carboxylic acids is 4. The number of hydrogen-bond acceptors (Lipinski definition) is 7. The molecule has 0 atom stereocenters. The van der Waals surface area contributed by atoms with Gasteiger partial charge in [0, 0.05) is 25.7 Å². The third-order valence-corrected chi connectivity index (χ3v) is 15.6. The van der Waals surface area contributed by atoms with Gasteiger partial charge in [-0.2, -0.15) is 0 Å². The van der Waals surface area contributed by atoms with Crippen molar-refractivity contribution in [3.05, 3.63) is 121 Å². The van der Waals surface area contributed by atoms with Crippen LogP contribution in [0.15, 0.2) is 54.6 Å². The van der Waals surface area contributed by atoms with E-state index in [0.717, 1.165) is 77.0 Å². The normalized spacial score (nSPS) is 12.1. The Morgan fingerprint density at radius 3 is 0.722 bits per heavy atom. The molecule has 1 aliphatic rings. The predicted octanol–water partition coefficient (Wildman–Crippen LogP) is 18.1. The van der Waals surface area contributed by atoms with E-state index in [1.807, 2.05) is 6.07 Å². The molecule has 4 aromatic rings. The monoisotopic (exact) mass is 1090 g/mol. The van der Waals surface area contributed by atoms with Crippen LogP contribution in [0.2, 0.25) is 0 Å². The molecule has 0 fully saturated rings. The number of aromatic carboxylic acids is 4. The molecule has 0 aromatic heterocycles. The van der Waals surface area contributed by atoms with Crippen LogP contribution in [-0.2, 0) is 25.7 Å². The van der Waals surface area contributed by atoms with Crippen molar-refractivity contribution in [2.45, 2.75) is 239 Å². The largest absolute Gasteiger partial charge is 0.493 e. The van der Waals surface area contributed by atoms with Crippen molar-refractivity contribution in [3.63, 3.8) is 0 Å². The molecule has 0 saturated heterocycles. The van der Waals surface area contributed by atoms with Gasteiger partial charge < -0.3 is 34.6 Å². The third-order valence-electron chi connectivity index (χ3n) is 15.6. The Kier molecular flexibility index (Phi) is 29.5. The van der Waals surface area contributed by atoms with Crippen molar-refractivity contribution >= 4 is 23.9 Å². The molecule has 8 bridgehead atoms. The third kappa shape index (κ3) is 22.7. The van der Waals surface area contributed by atoms with Crippen molar-refractivity contribution in [3.8, 4) is 17.2 Å². The van der Waals surface area contributed by atoms with Crippen LogP contribution in [0.5, 0.6) is 17.2 Å². The topological polar surface area (TPSA) is 177 Å². The molecule has 4 aromatic carbocycles. The van der Waals surface area contributed by atoms with Crippen LogP contribution in [0.1, 0.15) is 299 Å². The number of carboxylic acid groups (broad SMARTS) is 4. The molecule has 79 heavy (non-hydrogen) atoms. The molecule has 1 aliphatic carbocycles.